The van der Waals surface area contributed by atoms with E-state index in [-0.39, 0.29) is 0 Å². The number of rotatable bonds is 9. The van der Waals surface area contributed by atoms with Gasteiger partial charge in [0, 0.05) is 12.6 Å². The van der Waals surface area contributed by atoms with Crippen molar-refractivity contribution in [2.24, 2.45) is 17.3 Å². The minimum absolute atomic E-state index is 0.472. The molecular formula is C19H39N. The number of unbranched alkanes of at least 4 members (excludes halogenated alkanes) is 2. The smallest absolute Gasteiger partial charge is 0.00699 e. The molecule has 2 atom stereocenters. The summed E-state index contributed by atoms with van der Waals surface area (Å²) in [5.41, 5.74) is 0.472. The molecule has 1 aliphatic carbocycles. The van der Waals surface area contributed by atoms with Crippen LogP contribution in [0.4, 0.5) is 0 Å². The van der Waals surface area contributed by atoms with Crippen LogP contribution in [-0.4, -0.2) is 12.6 Å². The molecule has 0 heterocycles. The molecule has 0 bridgehead atoms. The summed E-state index contributed by atoms with van der Waals surface area (Å²) in [5, 5.41) is 3.89. The van der Waals surface area contributed by atoms with Gasteiger partial charge in [-0.25, -0.2) is 0 Å². The first kappa shape index (κ1) is 18.0. The topological polar surface area (TPSA) is 12.0 Å². The first-order valence-electron chi connectivity index (χ1n) is 9.16. The van der Waals surface area contributed by atoms with Gasteiger partial charge in [-0.1, -0.05) is 66.7 Å². The molecule has 0 spiro atoms. The Bertz CT molecular complexity index is 244. The SMILES string of the molecule is CCCCCC(C)(C)CNC1CCCC(CC(C)C)C1. The summed E-state index contributed by atoms with van der Waals surface area (Å²) in [6, 6.07) is 0.790. The summed E-state index contributed by atoms with van der Waals surface area (Å²) in [6.07, 6.45) is 12.6. The molecule has 0 aromatic heterocycles. The molecule has 1 nitrogen and oxygen atoms in total. The average Bonchev–Trinajstić information content (AvgIpc) is 2.36. The second-order valence-corrected chi connectivity index (χ2v) is 8.36. The maximum absolute atomic E-state index is 3.89. The maximum atomic E-state index is 3.89. The number of hydrogen-bond acceptors (Lipinski definition) is 1. The fraction of sp³-hybridized carbons (Fsp3) is 1.00. The van der Waals surface area contributed by atoms with Gasteiger partial charge in [0.1, 0.15) is 0 Å². The van der Waals surface area contributed by atoms with Crippen LogP contribution in [0.2, 0.25) is 0 Å². The standard InChI is InChI=1S/C19H39N/c1-6-7-8-12-19(4,5)15-20-18-11-9-10-17(14-18)13-16(2)3/h16-18,20H,6-15H2,1-5H3. The van der Waals surface area contributed by atoms with E-state index in [0.717, 1.165) is 17.9 Å². The van der Waals surface area contributed by atoms with E-state index in [0.29, 0.717) is 5.41 Å². The van der Waals surface area contributed by atoms with Crippen LogP contribution in [0.15, 0.2) is 0 Å². The van der Waals surface area contributed by atoms with Crippen LogP contribution in [0, 0.1) is 17.3 Å². The largest absolute Gasteiger partial charge is 0.313 e. The molecule has 0 radical (unpaired) electrons. The van der Waals surface area contributed by atoms with E-state index in [2.05, 4.69) is 39.9 Å². The molecule has 0 saturated heterocycles. The molecule has 1 rings (SSSR count). The fourth-order valence-electron chi connectivity index (χ4n) is 3.72. The molecule has 1 N–H and O–H groups in total. The highest BCUT2D eigenvalue weighted by Gasteiger charge is 2.24. The Balaban J connectivity index is 2.25. The zero-order valence-electron chi connectivity index (χ0n) is 14.8. The second-order valence-electron chi connectivity index (χ2n) is 8.36. The quantitative estimate of drug-likeness (QED) is 0.528. The molecule has 1 fully saturated rings. The first-order chi connectivity index (χ1) is 9.43. The van der Waals surface area contributed by atoms with Gasteiger partial charge in [-0.3, -0.25) is 0 Å². The van der Waals surface area contributed by atoms with Gasteiger partial charge in [0.2, 0.25) is 0 Å². The molecule has 120 valence electrons. The lowest BCUT2D eigenvalue weighted by atomic mass is 9.80. The molecule has 1 saturated carbocycles. The van der Waals surface area contributed by atoms with Crippen molar-refractivity contribution in [1.82, 2.24) is 5.32 Å². The van der Waals surface area contributed by atoms with Crippen molar-refractivity contribution in [2.75, 3.05) is 6.54 Å². The Labute approximate surface area is 128 Å². The predicted octanol–water partition coefficient (Wildman–Crippen LogP) is 5.79. The summed E-state index contributed by atoms with van der Waals surface area (Å²) in [5.74, 6) is 1.84. The van der Waals surface area contributed by atoms with Crippen LogP contribution in [0.1, 0.15) is 92.4 Å². The molecule has 2 unspecified atom stereocenters. The molecule has 1 heteroatoms. The van der Waals surface area contributed by atoms with Crippen LogP contribution in [0.5, 0.6) is 0 Å². The third-order valence-electron chi connectivity index (χ3n) is 4.91. The van der Waals surface area contributed by atoms with Gasteiger partial charge >= 0.3 is 0 Å². The highest BCUT2D eigenvalue weighted by atomic mass is 14.9. The Hall–Kier alpha value is -0.0400. The van der Waals surface area contributed by atoms with E-state index >= 15 is 0 Å². The van der Waals surface area contributed by atoms with E-state index in [9.17, 15) is 0 Å². The van der Waals surface area contributed by atoms with Crippen molar-refractivity contribution in [1.29, 1.82) is 0 Å². The summed E-state index contributed by atoms with van der Waals surface area (Å²) in [4.78, 5) is 0. The van der Waals surface area contributed by atoms with E-state index < -0.39 is 0 Å². The molecule has 0 aromatic rings. The van der Waals surface area contributed by atoms with Crippen molar-refractivity contribution in [3.05, 3.63) is 0 Å². The van der Waals surface area contributed by atoms with Crippen molar-refractivity contribution in [2.45, 2.75) is 98.4 Å². The monoisotopic (exact) mass is 281 g/mol. The summed E-state index contributed by atoms with van der Waals surface area (Å²) in [7, 11) is 0. The predicted molar refractivity (Wildman–Crippen MR) is 91.1 cm³/mol. The molecule has 0 aromatic carbocycles. The van der Waals surface area contributed by atoms with E-state index in [1.807, 2.05) is 0 Å². The van der Waals surface area contributed by atoms with Crippen LogP contribution in [0.3, 0.4) is 0 Å². The highest BCUT2D eigenvalue weighted by Crippen LogP contribution is 2.30. The minimum Gasteiger partial charge on any atom is -0.313 e. The number of nitrogens with one attached hydrogen (secondary N) is 1. The third kappa shape index (κ3) is 7.67. The van der Waals surface area contributed by atoms with Crippen molar-refractivity contribution in [3.8, 4) is 0 Å². The average molecular weight is 282 g/mol. The summed E-state index contributed by atoms with van der Waals surface area (Å²) < 4.78 is 0. The Morgan fingerprint density at radius 2 is 1.90 bits per heavy atom. The summed E-state index contributed by atoms with van der Waals surface area (Å²) in [6.45, 7) is 13.1. The lowest BCUT2D eigenvalue weighted by Gasteiger charge is -2.34. The molecular weight excluding hydrogens is 242 g/mol. The first-order valence-corrected chi connectivity index (χ1v) is 9.16. The summed E-state index contributed by atoms with van der Waals surface area (Å²) >= 11 is 0. The van der Waals surface area contributed by atoms with Crippen LogP contribution in [-0.2, 0) is 0 Å². The van der Waals surface area contributed by atoms with Gasteiger partial charge in [-0.15, -0.1) is 0 Å². The fourth-order valence-corrected chi connectivity index (χ4v) is 3.72. The van der Waals surface area contributed by atoms with Gasteiger partial charge in [-0.2, -0.15) is 0 Å². The Kier molecular flexibility index (Phi) is 8.17. The van der Waals surface area contributed by atoms with Crippen LogP contribution in [0.25, 0.3) is 0 Å². The lowest BCUT2D eigenvalue weighted by molar-refractivity contribution is 0.222. The Morgan fingerprint density at radius 3 is 2.55 bits per heavy atom. The third-order valence-corrected chi connectivity index (χ3v) is 4.91. The minimum atomic E-state index is 0.472. The lowest BCUT2D eigenvalue weighted by Crippen LogP contribution is -2.40. The van der Waals surface area contributed by atoms with E-state index in [1.165, 1.54) is 64.3 Å². The second kappa shape index (κ2) is 9.07. The van der Waals surface area contributed by atoms with Gasteiger partial charge in [-0.05, 0) is 42.9 Å². The van der Waals surface area contributed by atoms with Gasteiger partial charge in [0.25, 0.3) is 0 Å². The van der Waals surface area contributed by atoms with E-state index in [4.69, 9.17) is 0 Å². The Morgan fingerprint density at radius 1 is 1.15 bits per heavy atom. The molecule has 20 heavy (non-hydrogen) atoms. The number of hydrogen-bond donors (Lipinski definition) is 1. The zero-order chi connectivity index (χ0) is 15.0. The van der Waals surface area contributed by atoms with Crippen LogP contribution >= 0.6 is 0 Å². The molecule has 0 aliphatic heterocycles. The van der Waals surface area contributed by atoms with Crippen molar-refractivity contribution in [3.63, 3.8) is 0 Å². The normalized spacial score (nSPS) is 24.3. The van der Waals surface area contributed by atoms with Gasteiger partial charge < -0.3 is 5.32 Å². The highest BCUT2D eigenvalue weighted by molar-refractivity contribution is 4.81. The van der Waals surface area contributed by atoms with Crippen molar-refractivity contribution >= 4 is 0 Å². The van der Waals surface area contributed by atoms with Crippen molar-refractivity contribution < 1.29 is 0 Å². The van der Waals surface area contributed by atoms with Gasteiger partial charge in [0.05, 0.1) is 0 Å². The van der Waals surface area contributed by atoms with E-state index in [1.54, 1.807) is 0 Å². The maximum Gasteiger partial charge on any atom is 0.00699 e. The molecule has 0 amide bonds. The zero-order valence-corrected chi connectivity index (χ0v) is 14.8. The van der Waals surface area contributed by atoms with Gasteiger partial charge in [0.15, 0.2) is 0 Å². The van der Waals surface area contributed by atoms with Crippen LogP contribution < -0.4 is 5.32 Å². The molecule has 1 aliphatic rings.